The molecule has 3 rings (SSSR count). The quantitative estimate of drug-likeness (QED) is 0.655. The number of hydrogen-bond acceptors (Lipinski definition) is 2. The number of nitrogen functional groups attached to an aromatic ring is 1. The van der Waals surface area contributed by atoms with Crippen molar-refractivity contribution in [3.8, 4) is 11.4 Å². The van der Waals surface area contributed by atoms with Crippen molar-refractivity contribution in [2.45, 2.75) is 6.92 Å². The Morgan fingerprint density at radius 3 is 2.65 bits per heavy atom. The van der Waals surface area contributed by atoms with Crippen LogP contribution in [0.2, 0.25) is 0 Å². The Hall–Kier alpha value is -1.95. The third-order valence-corrected chi connectivity index (χ3v) is 3.54. The first-order valence-electron chi connectivity index (χ1n) is 5.86. The number of aromatic amines is 1. The van der Waals surface area contributed by atoms with E-state index in [0.717, 1.165) is 10.5 Å². The summed E-state index contributed by atoms with van der Waals surface area (Å²) in [7, 11) is 0. The summed E-state index contributed by atoms with van der Waals surface area (Å²) in [6, 6.07) is 5.81. The Balaban J connectivity index is 2.25. The monoisotopic (exact) mass is 337 g/mol. The lowest BCUT2D eigenvalue weighted by atomic mass is 10.1. The van der Waals surface area contributed by atoms with Crippen LogP contribution in [0.15, 0.2) is 28.7 Å². The molecule has 0 fully saturated rings. The van der Waals surface area contributed by atoms with Gasteiger partial charge in [0.2, 0.25) is 0 Å². The SMILES string of the molecule is Cc1cc(-c2nc3c(N)cc(Br)cc3[nH]2)c(F)cc1F. The van der Waals surface area contributed by atoms with Gasteiger partial charge in [-0.25, -0.2) is 13.8 Å². The van der Waals surface area contributed by atoms with E-state index in [1.54, 1.807) is 19.1 Å². The predicted octanol–water partition coefficient (Wildman–Crippen LogP) is 4.16. The summed E-state index contributed by atoms with van der Waals surface area (Å²) in [5, 5.41) is 0. The highest BCUT2D eigenvalue weighted by Crippen LogP contribution is 2.29. The molecule has 1 aromatic heterocycles. The lowest BCUT2D eigenvalue weighted by Gasteiger charge is -2.02. The first-order valence-corrected chi connectivity index (χ1v) is 6.66. The molecule has 2 aromatic carbocycles. The van der Waals surface area contributed by atoms with Crippen LogP contribution >= 0.6 is 15.9 Å². The molecule has 1 heterocycles. The number of nitrogens with one attached hydrogen (secondary N) is 1. The third-order valence-electron chi connectivity index (χ3n) is 3.08. The van der Waals surface area contributed by atoms with E-state index in [9.17, 15) is 8.78 Å². The maximum atomic E-state index is 13.9. The van der Waals surface area contributed by atoms with Crippen molar-refractivity contribution in [3.05, 3.63) is 45.9 Å². The molecule has 20 heavy (non-hydrogen) atoms. The van der Waals surface area contributed by atoms with Gasteiger partial charge in [-0.3, -0.25) is 0 Å². The van der Waals surface area contributed by atoms with Crippen LogP contribution in [-0.4, -0.2) is 9.97 Å². The van der Waals surface area contributed by atoms with Gasteiger partial charge in [0.05, 0.1) is 16.8 Å². The van der Waals surface area contributed by atoms with Crippen molar-refractivity contribution >= 4 is 32.7 Å². The van der Waals surface area contributed by atoms with Crippen LogP contribution in [0.4, 0.5) is 14.5 Å². The van der Waals surface area contributed by atoms with Crippen molar-refractivity contribution in [3.63, 3.8) is 0 Å². The molecule has 3 N–H and O–H groups in total. The molecular formula is C14H10BrF2N3. The lowest BCUT2D eigenvalue weighted by Crippen LogP contribution is -1.91. The first kappa shape index (κ1) is 13.1. The number of H-pyrrole nitrogens is 1. The van der Waals surface area contributed by atoms with Gasteiger partial charge >= 0.3 is 0 Å². The zero-order chi connectivity index (χ0) is 14.4. The number of aryl methyl sites for hydroxylation is 1. The van der Waals surface area contributed by atoms with Crippen LogP contribution in [0.3, 0.4) is 0 Å². The number of rotatable bonds is 1. The van der Waals surface area contributed by atoms with E-state index < -0.39 is 11.6 Å². The predicted molar refractivity (Wildman–Crippen MR) is 78.3 cm³/mol. The summed E-state index contributed by atoms with van der Waals surface area (Å²) >= 11 is 3.33. The fourth-order valence-electron chi connectivity index (χ4n) is 2.07. The third kappa shape index (κ3) is 2.06. The summed E-state index contributed by atoms with van der Waals surface area (Å²) < 4.78 is 28.0. The van der Waals surface area contributed by atoms with Gasteiger partial charge < -0.3 is 10.7 Å². The Labute approximate surface area is 122 Å². The fourth-order valence-corrected chi connectivity index (χ4v) is 2.55. The molecule has 0 aliphatic carbocycles. The number of aromatic nitrogens is 2. The molecule has 0 amide bonds. The zero-order valence-electron chi connectivity index (χ0n) is 10.5. The number of nitrogens with two attached hydrogens (primary N) is 1. The Kier molecular flexibility index (Phi) is 2.97. The number of nitrogens with zero attached hydrogens (tertiary/aromatic N) is 1. The molecule has 102 valence electrons. The molecule has 0 radical (unpaired) electrons. The van der Waals surface area contributed by atoms with Crippen molar-refractivity contribution in [2.24, 2.45) is 0 Å². The van der Waals surface area contributed by atoms with Crippen LogP contribution in [0.5, 0.6) is 0 Å². The Bertz CT molecular complexity index is 827. The summed E-state index contributed by atoms with van der Waals surface area (Å²) in [4.78, 5) is 7.29. The lowest BCUT2D eigenvalue weighted by molar-refractivity contribution is 0.579. The van der Waals surface area contributed by atoms with Crippen LogP contribution in [-0.2, 0) is 0 Å². The van der Waals surface area contributed by atoms with Gasteiger partial charge in [0.25, 0.3) is 0 Å². The number of hydrogen-bond donors (Lipinski definition) is 2. The topological polar surface area (TPSA) is 54.7 Å². The van der Waals surface area contributed by atoms with Crippen LogP contribution in [0, 0.1) is 18.6 Å². The van der Waals surface area contributed by atoms with Gasteiger partial charge in [-0.1, -0.05) is 15.9 Å². The van der Waals surface area contributed by atoms with Crippen molar-refractivity contribution < 1.29 is 8.78 Å². The summed E-state index contributed by atoms with van der Waals surface area (Å²) in [5.41, 5.74) is 8.18. The second-order valence-electron chi connectivity index (χ2n) is 4.56. The van der Waals surface area contributed by atoms with Crippen LogP contribution in [0.1, 0.15) is 5.56 Å². The summed E-state index contributed by atoms with van der Waals surface area (Å²) in [6.07, 6.45) is 0. The largest absolute Gasteiger partial charge is 0.397 e. The van der Waals surface area contributed by atoms with Crippen LogP contribution < -0.4 is 5.73 Å². The second kappa shape index (κ2) is 4.56. The van der Waals surface area contributed by atoms with Gasteiger partial charge in [-0.15, -0.1) is 0 Å². The van der Waals surface area contributed by atoms with Gasteiger partial charge in [0, 0.05) is 10.5 Å². The van der Waals surface area contributed by atoms with Crippen molar-refractivity contribution in [1.82, 2.24) is 9.97 Å². The summed E-state index contributed by atoms with van der Waals surface area (Å²) in [5.74, 6) is -0.917. The maximum Gasteiger partial charge on any atom is 0.141 e. The minimum absolute atomic E-state index is 0.218. The molecule has 0 atom stereocenters. The van der Waals surface area contributed by atoms with Crippen molar-refractivity contribution in [1.29, 1.82) is 0 Å². The molecule has 0 bridgehead atoms. The van der Waals surface area contributed by atoms with E-state index in [1.165, 1.54) is 6.07 Å². The minimum Gasteiger partial charge on any atom is -0.397 e. The molecule has 0 saturated heterocycles. The number of fused-ring (bicyclic) bond motifs is 1. The Morgan fingerprint density at radius 1 is 1.15 bits per heavy atom. The van der Waals surface area contributed by atoms with E-state index in [2.05, 4.69) is 25.9 Å². The van der Waals surface area contributed by atoms with Gasteiger partial charge in [0.15, 0.2) is 0 Å². The Morgan fingerprint density at radius 2 is 1.90 bits per heavy atom. The summed E-state index contributed by atoms with van der Waals surface area (Å²) in [6.45, 7) is 1.58. The molecule has 3 aromatic rings. The number of anilines is 1. The van der Waals surface area contributed by atoms with Crippen molar-refractivity contribution in [2.75, 3.05) is 5.73 Å². The molecule has 6 heteroatoms. The van der Waals surface area contributed by atoms with Gasteiger partial charge in [-0.2, -0.15) is 0 Å². The van der Waals surface area contributed by atoms with Gasteiger partial charge in [0.1, 0.15) is 23.0 Å². The normalized spacial score (nSPS) is 11.2. The number of halogens is 3. The van der Waals surface area contributed by atoms with E-state index in [1.807, 2.05) is 0 Å². The fraction of sp³-hybridized carbons (Fsp3) is 0.0714. The molecule has 3 nitrogen and oxygen atoms in total. The van der Waals surface area contributed by atoms with E-state index in [0.29, 0.717) is 28.1 Å². The minimum atomic E-state index is -0.662. The highest BCUT2D eigenvalue weighted by Gasteiger charge is 2.14. The first-order chi connectivity index (χ1) is 9.45. The average Bonchev–Trinajstić information content (AvgIpc) is 2.77. The second-order valence-corrected chi connectivity index (χ2v) is 5.47. The molecule has 0 aliphatic heterocycles. The smallest absolute Gasteiger partial charge is 0.141 e. The van der Waals surface area contributed by atoms with E-state index >= 15 is 0 Å². The molecule has 0 saturated carbocycles. The highest BCUT2D eigenvalue weighted by atomic mass is 79.9. The highest BCUT2D eigenvalue weighted by molar-refractivity contribution is 9.10. The van der Waals surface area contributed by atoms with E-state index in [-0.39, 0.29) is 5.56 Å². The van der Waals surface area contributed by atoms with Crippen LogP contribution in [0.25, 0.3) is 22.4 Å². The average molecular weight is 338 g/mol. The maximum absolute atomic E-state index is 13.9. The van der Waals surface area contributed by atoms with E-state index in [4.69, 9.17) is 5.73 Å². The molecule has 0 aliphatic rings. The number of benzene rings is 2. The standard InChI is InChI=1S/C14H10BrF2N3/c1-6-2-8(10(17)5-9(6)16)14-19-12-4-7(15)3-11(18)13(12)20-14/h2-5H,18H2,1H3,(H,19,20). The molecular weight excluding hydrogens is 328 g/mol. The van der Waals surface area contributed by atoms with Gasteiger partial charge in [-0.05, 0) is 30.7 Å². The molecule has 0 unspecified atom stereocenters. The zero-order valence-corrected chi connectivity index (χ0v) is 12.1. The number of imidazole rings is 1. The molecule has 0 spiro atoms.